The normalized spacial score (nSPS) is 19.1. The summed E-state index contributed by atoms with van der Waals surface area (Å²) in [6.07, 6.45) is -0.552. The molecular formula is C12H12ClN3O2. The number of amides is 2. The maximum absolute atomic E-state index is 11.9. The van der Waals surface area contributed by atoms with Gasteiger partial charge in [0.1, 0.15) is 0 Å². The zero-order valence-electron chi connectivity index (χ0n) is 9.60. The molecule has 0 saturated carbocycles. The first kappa shape index (κ1) is 12.7. The van der Waals surface area contributed by atoms with Gasteiger partial charge >= 0.3 is 6.03 Å². The molecule has 1 aromatic rings. The van der Waals surface area contributed by atoms with Gasteiger partial charge in [-0.25, -0.2) is 4.79 Å². The minimum absolute atomic E-state index is 0.249. The second-order valence-corrected chi connectivity index (χ2v) is 4.31. The van der Waals surface area contributed by atoms with Crippen LogP contribution in [0, 0.1) is 11.3 Å². The van der Waals surface area contributed by atoms with E-state index in [4.69, 9.17) is 21.6 Å². The fourth-order valence-corrected chi connectivity index (χ4v) is 1.87. The molecule has 0 aliphatic carbocycles. The number of nitriles is 1. The van der Waals surface area contributed by atoms with Crippen molar-refractivity contribution >= 4 is 23.3 Å². The quantitative estimate of drug-likeness (QED) is 0.846. The fourth-order valence-electron chi connectivity index (χ4n) is 1.68. The third-order valence-corrected chi connectivity index (χ3v) is 2.81. The summed E-state index contributed by atoms with van der Waals surface area (Å²) in [5, 5.41) is 12.1. The lowest BCUT2D eigenvalue weighted by molar-refractivity contribution is 0.0181. The number of nitrogens with zero attached hydrogens (tertiary/aromatic N) is 2. The molecule has 0 aromatic heterocycles. The zero-order valence-corrected chi connectivity index (χ0v) is 10.4. The maximum atomic E-state index is 11.9. The van der Waals surface area contributed by atoms with Gasteiger partial charge in [0.2, 0.25) is 0 Å². The smallest absolute Gasteiger partial charge is 0.322 e. The van der Waals surface area contributed by atoms with Crippen molar-refractivity contribution in [2.24, 2.45) is 0 Å². The molecule has 1 aliphatic heterocycles. The molecule has 1 heterocycles. The van der Waals surface area contributed by atoms with Crippen LogP contribution in [-0.2, 0) is 4.74 Å². The van der Waals surface area contributed by atoms with Crippen LogP contribution in [0.15, 0.2) is 24.3 Å². The van der Waals surface area contributed by atoms with Crippen molar-refractivity contribution < 1.29 is 9.53 Å². The summed E-state index contributed by atoms with van der Waals surface area (Å²) < 4.78 is 5.17. The predicted molar refractivity (Wildman–Crippen MR) is 67.4 cm³/mol. The molecule has 1 unspecified atom stereocenters. The number of nitrogens with one attached hydrogen (secondary N) is 1. The third kappa shape index (κ3) is 3.13. The molecule has 0 bridgehead atoms. The van der Waals surface area contributed by atoms with Gasteiger partial charge < -0.3 is 15.0 Å². The monoisotopic (exact) mass is 265 g/mol. The average molecular weight is 266 g/mol. The molecule has 1 aliphatic rings. The molecule has 0 spiro atoms. The Balaban J connectivity index is 1.98. The van der Waals surface area contributed by atoms with E-state index in [9.17, 15) is 4.79 Å². The van der Waals surface area contributed by atoms with Gasteiger partial charge in [0.25, 0.3) is 0 Å². The number of carbonyl (C=O) groups is 1. The van der Waals surface area contributed by atoms with Gasteiger partial charge in [0, 0.05) is 17.3 Å². The second kappa shape index (κ2) is 5.71. The standard InChI is InChI=1S/C12H12ClN3O2/c13-9-2-1-3-10(6-9)15-12(17)16-4-5-18-11(7-14)8-16/h1-3,6,11H,4-5,8H2,(H,15,17). The molecular weight excluding hydrogens is 254 g/mol. The van der Waals surface area contributed by atoms with Gasteiger partial charge in [-0.3, -0.25) is 0 Å². The van der Waals surface area contributed by atoms with E-state index in [2.05, 4.69) is 5.32 Å². The van der Waals surface area contributed by atoms with Crippen molar-refractivity contribution in [1.29, 1.82) is 5.26 Å². The Hall–Kier alpha value is -1.77. The Morgan fingerprint density at radius 1 is 1.61 bits per heavy atom. The topological polar surface area (TPSA) is 65.4 Å². The number of benzene rings is 1. The van der Waals surface area contributed by atoms with Gasteiger partial charge in [0.05, 0.1) is 19.2 Å². The van der Waals surface area contributed by atoms with Crippen LogP contribution in [0.3, 0.4) is 0 Å². The van der Waals surface area contributed by atoms with Crippen LogP contribution < -0.4 is 5.32 Å². The Labute approximate surface area is 110 Å². The minimum Gasteiger partial charge on any atom is -0.360 e. The Morgan fingerprint density at radius 2 is 2.44 bits per heavy atom. The van der Waals surface area contributed by atoms with Crippen LogP contribution in [0.2, 0.25) is 5.02 Å². The number of carbonyl (C=O) groups excluding carboxylic acids is 1. The summed E-state index contributed by atoms with van der Waals surface area (Å²) in [6, 6.07) is 8.66. The Bertz CT molecular complexity index is 486. The van der Waals surface area contributed by atoms with Crippen LogP contribution in [0.25, 0.3) is 0 Å². The number of hydrogen-bond donors (Lipinski definition) is 1. The van der Waals surface area contributed by atoms with Gasteiger partial charge in [-0.1, -0.05) is 17.7 Å². The lowest BCUT2D eigenvalue weighted by atomic mass is 10.3. The Kier molecular flexibility index (Phi) is 4.03. The van der Waals surface area contributed by atoms with Crippen LogP contribution in [0.5, 0.6) is 0 Å². The van der Waals surface area contributed by atoms with E-state index in [-0.39, 0.29) is 12.6 Å². The maximum Gasteiger partial charge on any atom is 0.322 e. The third-order valence-electron chi connectivity index (χ3n) is 2.57. The highest BCUT2D eigenvalue weighted by Crippen LogP contribution is 2.16. The highest BCUT2D eigenvalue weighted by molar-refractivity contribution is 6.30. The van der Waals surface area contributed by atoms with E-state index < -0.39 is 6.10 Å². The molecule has 2 rings (SSSR count). The van der Waals surface area contributed by atoms with Crippen LogP contribution in [0.4, 0.5) is 10.5 Å². The van der Waals surface area contributed by atoms with Crippen LogP contribution >= 0.6 is 11.6 Å². The van der Waals surface area contributed by atoms with Gasteiger partial charge in [0.15, 0.2) is 6.10 Å². The van der Waals surface area contributed by atoms with E-state index >= 15 is 0 Å². The fraction of sp³-hybridized carbons (Fsp3) is 0.333. The predicted octanol–water partition coefficient (Wildman–Crippen LogP) is 2.10. The number of ether oxygens (including phenoxy) is 1. The van der Waals surface area contributed by atoms with E-state index in [1.165, 1.54) is 0 Å². The summed E-state index contributed by atoms with van der Waals surface area (Å²) in [5.74, 6) is 0. The summed E-state index contributed by atoms with van der Waals surface area (Å²) in [6.45, 7) is 1.13. The van der Waals surface area contributed by atoms with Crippen molar-refractivity contribution in [2.45, 2.75) is 6.10 Å². The van der Waals surface area contributed by atoms with Crippen molar-refractivity contribution in [3.8, 4) is 6.07 Å². The van der Waals surface area contributed by atoms with Crippen molar-refractivity contribution in [3.63, 3.8) is 0 Å². The van der Waals surface area contributed by atoms with E-state index in [0.29, 0.717) is 23.9 Å². The van der Waals surface area contributed by atoms with Crippen LogP contribution in [0.1, 0.15) is 0 Å². The van der Waals surface area contributed by atoms with E-state index in [1.807, 2.05) is 6.07 Å². The molecule has 1 N–H and O–H groups in total. The highest BCUT2D eigenvalue weighted by atomic mass is 35.5. The summed E-state index contributed by atoms with van der Waals surface area (Å²) in [7, 11) is 0. The minimum atomic E-state index is -0.552. The molecule has 94 valence electrons. The summed E-state index contributed by atoms with van der Waals surface area (Å²) in [5.41, 5.74) is 0.632. The molecule has 1 saturated heterocycles. The van der Waals surface area contributed by atoms with Crippen LogP contribution in [-0.4, -0.2) is 36.7 Å². The van der Waals surface area contributed by atoms with Crippen molar-refractivity contribution in [3.05, 3.63) is 29.3 Å². The first-order valence-corrected chi connectivity index (χ1v) is 5.89. The molecule has 18 heavy (non-hydrogen) atoms. The van der Waals surface area contributed by atoms with Gasteiger partial charge in [-0.05, 0) is 18.2 Å². The second-order valence-electron chi connectivity index (χ2n) is 3.88. The molecule has 0 radical (unpaired) electrons. The first-order valence-electron chi connectivity index (χ1n) is 5.52. The number of halogens is 1. The summed E-state index contributed by atoms with van der Waals surface area (Å²) >= 11 is 5.83. The lowest BCUT2D eigenvalue weighted by Gasteiger charge is -2.29. The number of morpholine rings is 1. The van der Waals surface area contributed by atoms with Crippen molar-refractivity contribution in [1.82, 2.24) is 4.90 Å². The van der Waals surface area contributed by atoms with E-state index in [1.54, 1.807) is 29.2 Å². The largest absolute Gasteiger partial charge is 0.360 e. The molecule has 1 fully saturated rings. The molecule has 1 aromatic carbocycles. The molecule has 6 heteroatoms. The Morgan fingerprint density at radius 3 is 3.17 bits per heavy atom. The number of hydrogen-bond acceptors (Lipinski definition) is 3. The average Bonchev–Trinajstić information content (AvgIpc) is 2.39. The van der Waals surface area contributed by atoms with Gasteiger partial charge in [-0.2, -0.15) is 5.26 Å². The van der Waals surface area contributed by atoms with E-state index in [0.717, 1.165) is 0 Å². The number of rotatable bonds is 1. The van der Waals surface area contributed by atoms with Gasteiger partial charge in [-0.15, -0.1) is 0 Å². The summed E-state index contributed by atoms with van der Waals surface area (Å²) in [4.78, 5) is 13.5. The highest BCUT2D eigenvalue weighted by Gasteiger charge is 2.23. The SMILES string of the molecule is N#CC1CN(C(=O)Nc2cccc(Cl)c2)CCO1. The molecule has 1 atom stereocenters. The molecule has 2 amide bonds. The number of urea groups is 1. The van der Waals surface area contributed by atoms with Crippen molar-refractivity contribution in [2.75, 3.05) is 25.0 Å². The lowest BCUT2D eigenvalue weighted by Crippen LogP contribution is -2.46. The molecule has 5 nitrogen and oxygen atoms in total. The number of anilines is 1. The zero-order chi connectivity index (χ0) is 13.0. The first-order chi connectivity index (χ1) is 8.69.